The molecule has 1 heterocycles. The Labute approximate surface area is 166 Å². The van der Waals surface area contributed by atoms with Gasteiger partial charge in [-0.2, -0.15) is 0 Å². The third-order valence-corrected chi connectivity index (χ3v) is 5.42. The van der Waals surface area contributed by atoms with Gasteiger partial charge in [0.05, 0.1) is 6.61 Å². The maximum absolute atomic E-state index is 12.3. The molecule has 0 bridgehead atoms. The monoisotopic (exact) mass is 374 g/mol. The van der Waals surface area contributed by atoms with Crippen molar-refractivity contribution in [3.63, 3.8) is 0 Å². The van der Waals surface area contributed by atoms with Crippen molar-refractivity contribution in [3.05, 3.63) is 71.0 Å². The van der Waals surface area contributed by atoms with E-state index in [1.54, 1.807) is 6.20 Å². The molecule has 4 rings (SSSR count). The van der Waals surface area contributed by atoms with Crippen LogP contribution in [0.1, 0.15) is 53.2 Å². The fourth-order valence-electron chi connectivity index (χ4n) is 4.09. The second-order valence-electron chi connectivity index (χ2n) is 7.29. The Bertz CT molecular complexity index is 961. The maximum atomic E-state index is 12.3. The topological polar surface area (TPSA) is 55.0 Å². The smallest absolute Gasteiger partial charge is 0.163 e. The summed E-state index contributed by atoms with van der Waals surface area (Å²) in [6, 6.07) is 12.2. The molecule has 144 valence electrons. The second kappa shape index (κ2) is 8.42. The van der Waals surface area contributed by atoms with Crippen molar-refractivity contribution in [1.29, 1.82) is 0 Å². The van der Waals surface area contributed by atoms with Crippen molar-refractivity contribution in [2.24, 2.45) is 0 Å². The van der Waals surface area contributed by atoms with Gasteiger partial charge in [-0.15, -0.1) is 0 Å². The summed E-state index contributed by atoms with van der Waals surface area (Å²) in [5.74, 6) is 2.10. The summed E-state index contributed by atoms with van der Waals surface area (Å²) >= 11 is 0. The average Bonchev–Trinajstić information content (AvgIpc) is 3.25. The molecule has 0 unspecified atom stereocenters. The molecule has 0 saturated carbocycles. The Balaban J connectivity index is 1.53. The summed E-state index contributed by atoms with van der Waals surface area (Å²) in [5.41, 5.74) is 5.67. The zero-order valence-electron chi connectivity index (χ0n) is 16.3. The molecule has 0 saturated heterocycles. The molecule has 0 spiro atoms. The fourth-order valence-corrected chi connectivity index (χ4v) is 4.09. The predicted octanol–water partition coefficient (Wildman–Crippen LogP) is 5.17. The standard InChI is InChI=1S/C24H26N2O2/c1-2-6-21-19-9-5-10-22(27)20(19)11-12-23(21)28-16-13-17-7-3-4-8-18(17)24-25-14-15-26-24/h3-4,7-8,11-12,14-15H,2,5-6,9-10,13,16H2,1H3,(H,25,26). The SMILES string of the molecule is CCCc1c(OCCc2ccccc2-c2ncc[nH]2)ccc2c1CCCC2=O. The molecular formula is C24H26N2O2. The highest BCUT2D eigenvalue weighted by Crippen LogP contribution is 2.32. The number of fused-ring (bicyclic) bond motifs is 1. The van der Waals surface area contributed by atoms with Gasteiger partial charge in [0.1, 0.15) is 11.6 Å². The Morgan fingerprint density at radius 1 is 1.07 bits per heavy atom. The van der Waals surface area contributed by atoms with Gasteiger partial charge in [-0.3, -0.25) is 4.79 Å². The van der Waals surface area contributed by atoms with Gasteiger partial charge < -0.3 is 9.72 Å². The van der Waals surface area contributed by atoms with Gasteiger partial charge in [-0.1, -0.05) is 37.6 Å². The van der Waals surface area contributed by atoms with Crippen molar-refractivity contribution in [1.82, 2.24) is 9.97 Å². The first-order valence-electron chi connectivity index (χ1n) is 10.2. The van der Waals surface area contributed by atoms with Crippen LogP contribution >= 0.6 is 0 Å². The van der Waals surface area contributed by atoms with Crippen LogP contribution in [-0.2, 0) is 19.3 Å². The maximum Gasteiger partial charge on any atom is 0.163 e. The van der Waals surface area contributed by atoms with E-state index in [-0.39, 0.29) is 5.78 Å². The fraction of sp³-hybridized carbons (Fsp3) is 0.333. The Morgan fingerprint density at radius 3 is 2.79 bits per heavy atom. The number of carbonyl (C=O) groups excluding carboxylic acids is 1. The molecule has 3 aromatic rings. The molecule has 1 N–H and O–H groups in total. The van der Waals surface area contributed by atoms with Crippen molar-refractivity contribution in [3.8, 4) is 17.1 Å². The van der Waals surface area contributed by atoms with Crippen LogP contribution in [0.5, 0.6) is 5.75 Å². The quantitative estimate of drug-likeness (QED) is 0.621. The first-order chi connectivity index (χ1) is 13.8. The molecule has 1 aliphatic carbocycles. The molecule has 0 radical (unpaired) electrons. The number of nitrogens with one attached hydrogen (secondary N) is 1. The number of benzene rings is 2. The minimum absolute atomic E-state index is 0.275. The van der Waals surface area contributed by atoms with Gasteiger partial charge in [0, 0.05) is 36.4 Å². The Kier molecular flexibility index (Phi) is 5.56. The van der Waals surface area contributed by atoms with E-state index in [9.17, 15) is 4.79 Å². The van der Waals surface area contributed by atoms with Crippen LogP contribution in [0, 0.1) is 0 Å². The first-order valence-corrected chi connectivity index (χ1v) is 10.2. The number of ketones is 1. The number of H-pyrrole nitrogens is 1. The van der Waals surface area contributed by atoms with Gasteiger partial charge in [0.2, 0.25) is 0 Å². The summed E-state index contributed by atoms with van der Waals surface area (Å²) < 4.78 is 6.23. The third-order valence-electron chi connectivity index (χ3n) is 5.42. The van der Waals surface area contributed by atoms with Crippen molar-refractivity contribution in [2.45, 2.75) is 45.4 Å². The van der Waals surface area contributed by atoms with Gasteiger partial charge in [-0.05, 0) is 48.1 Å². The number of hydrogen-bond acceptors (Lipinski definition) is 3. The van der Waals surface area contributed by atoms with E-state index >= 15 is 0 Å². The van der Waals surface area contributed by atoms with Crippen LogP contribution < -0.4 is 4.74 Å². The summed E-state index contributed by atoms with van der Waals surface area (Å²) in [6.07, 6.45) is 9.01. The highest BCUT2D eigenvalue weighted by molar-refractivity contribution is 5.99. The number of Topliss-reactive ketones (excluding diaryl/α,β-unsaturated/α-hetero) is 1. The largest absolute Gasteiger partial charge is 0.493 e. The first kappa shape index (κ1) is 18.5. The number of carbonyl (C=O) groups is 1. The Morgan fingerprint density at radius 2 is 1.96 bits per heavy atom. The minimum atomic E-state index is 0.275. The van der Waals surface area contributed by atoms with Crippen LogP contribution in [0.25, 0.3) is 11.4 Å². The van der Waals surface area contributed by atoms with Gasteiger partial charge in [0.15, 0.2) is 5.78 Å². The van der Waals surface area contributed by atoms with E-state index in [0.717, 1.165) is 54.8 Å². The van der Waals surface area contributed by atoms with Gasteiger partial charge in [-0.25, -0.2) is 4.98 Å². The van der Waals surface area contributed by atoms with E-state index in [1.807, 2.05) is 24.4 Å². The van der Waals surface area contributed by atoms with Crippen LogP contribution in [0.4, 0.5) is 0 Å². The average molecular weight is 374 g/mol. The molecule has 4 heteroatoms. The predicted molar refractivity (Wildman–Crippen MR) is 111 cm³/mol. The molecule has 1 aromatic heterocycles. The lowest BCUT2D eigenvalue weighted by Crippen LogP contribution is -2.15. The normalized spacial score (nSPS) is 13.4. The van der Waals surface area contributed by atoms with E-state index in [4.69, 9.17) is 4.74 Å². The zero-order chi connectivity index (χ0) is 19.3. The molecule has 0 atom stereocenters. The van der Waals surface area contributed by atoms with E-state index in [1.165, 1.54) is 16.7 Å². The number of hydrogen-bond donors (Lipinski definition) is 1. The lowest BCUT2D eigenvalue weighted by molar-refractivity contribution is 0.0972. The third kappa shape index (κ3) is 3.72. The number of imidazole rings is 1. The summed E-state index contributed by atoms with van der Waals surface area (Å²) in [6.45, 7) is 2.77. The number of aromatic nitrogens is 2. The van der Waals surface area contributed by atoms with Crippen molar-refractivity contribution in [2.75, 3.05) is 6.61 Å². The number of rotatable bonds is 7. The van der Waals surface area contributed by atoms with Crippen LogP contribution in [0.3, 0.4) is 0 Å². The molecule has 0 aliphatic heterocycles. The number of aromatic amines is 1. The summed E-state index contributed by atoms with van der Waals surface area (Å²) in [7, 11) is 0. The van der Waals surface area contributed by atoms with Crippen LogP contribution in [0.15, 0.2) is 48.8 Å². The van der Waals surface area contributed by atoms with E-state index in [2.05, 4.69) is 35.1 Å². The molecular weight excluding hydrogens is 348 g/mol. The van der Waals surface area contributed by atoms with Gasteiger partial charge >= 0.3 is 0 Å². The molecule has 0 amide bonds. The molecule has 0 fully saturated rings. The van der Waals surface area contributed by atoms with Crippen LogP contribution in [-0.4, -0.2) is 22.4 Å². The number of nitrogens with zero attached hydrogens (tertiary/aromatic N) is 1. The van der Waals surface area contributed by atoms with E-state index < -0.39 is 0 Å². The second-order valence-corrected chi connectivity index (χ2v) is 7.29. The minimum Gasteiger partial charge on any atom is -0.493 e. The van der Waals surface area contributed by atoms with Crippen molar-refractivity contribution < 1.29 is 9.53 Å². The number of ether oxygens (including phenoxy) is 1. The van der Waals surface area contributed by atoms with Crippen molar-refractivity contribution >= 4 is 5.78 Å². The van der Waals surface area contributed by atoms with Crippen LogP contribution in [0.2, 0.25) is 0 Å². The Hall–Kier alpha value is -2.88. The molecule has 28 heavy (non-hydrogen) atoms. The lowest BCUT2D eigenvalue weighted by Gasteiger charge is -2.21. The van der Waals surface area contributed by atoms with E-state index in [0.29, 0.717) is 13.0 Å². The zero-order valence-corrected chi connectivity index (χ0v) is 16.3. The summed E-state index contributed by atoms with van der Waals surface area (Å²) in [5, 5.41) is 0. The molecule has 1 aliphatic rings. The molecule has 2 aromatic carbocycles. The lowest BCUT2D eigenvalue weighted by atomic mass is 9.85. The summed E-state index contributed by atoms with van der Waals surface area (Å²) in [4.78, 5) is 19.8. The molecule has 4 nitrogen and oxygen atoms in total. The highest BCUT2D eigenvalue weighted by Gasteiger charge is 2.22. The highest BCUT2D eigenvalue weighted by atomic mass is 16.5. The van der Waals surface area contributed by atoms with Gasteiger partial charge in [0.25, 0.3) is 0 Å².